The van der Waals surface area contributed by atoms with Crippen LogP contribution in [0, 0.1) is 11.6 Å². The van der Waals surface area contributed by atoms with E-state index in [0.717, 1.165) is 23.7 Å². The molecule has 0 aliphatic carbocycles. The average molecular weight is 268 g/mol. The highest BCUT2D eigenvalue weighted by Crippen LogP contribution is 2.24. The van der Waals surface area contributed by atoms with Crippen LogP contribution >= 0.6 is 11.5 Å². The highest BCUT2D eigenvalue weighted by atomic mass is 32.1. The molecule has 3 nitrogen and oxygen atoms in total. The lowest BCUT2D eigenvalue weighted by atomic mass is 10.0. The van der Waals surface area contributed by atoms with E-state index in [-0.39, 0.29) is 11.5 Å². The molecule has 94 valence electrons. The van der Waals surface area contributed by atoms with E-state index < -0.39 is 17.4 Å². The van der Waals surface area contributed by atoms with Gasteiger partial charge in [0.05, 0.1) is 11.3 Å². The number of hydrogen-bond acceptors (Lipinski definition) is 4. The number of hydrogen-bond donors (Lipinski definition) is 0. The second-order valence-corrected chi connectivity index (χ2v) is 4.85. The van der Waals surface area contributed by atoms with Gasteiger partial charge in [-0.2, -0.15) is 0 Å². The standard InChI is InChI=1S/C12H10F2N2OS/c1-6(2)10-12(18-16-15-10)11(17)8-4-3-7(13)5-9(8)14/h3-6H,1-2H3. The van der Waals surface area contributed by atoms with E-state index >= 15 is 0 Å². The summed E-state index contributed by atoms with van der Waals surface area (Å²) in [5.41, 5.74) is 0.373. The Labute approximate surface area is 107 Å². The van der Waals surface area contributed by atoms with E-state index in [4.69, 9.17) is 0 Å². The predicted molar refractivity (Wildman–Crippen MR) is 63.8 cm³/mol. The van der Waals surface area contributed by atoms with Crippen molar-refractivity contribution in [1.82, 2.24) is 9.59 Å². The fourth-order valence-corrected chi connectivity index (χ4v) is 2.30. The maximum atomic E-state index is 13.5. The lowest BCUT2D eigenvalue weighted by Crippen LogP contribution is -2.06. The van der Waals surface area contributed by atoms with Gasteiger partial charge >= 0.3 is 0 Å². The van der Waals surface area contributed by atoms with Gasteiger partial charge < -0.3 is 0 Å². The third-order valence-corrected chi connectivity index (χ3v) is 3.18. The number of carbonyl (C=O) groups is 1. The van der Waals surface area contributed by atoms with Crippen LogP contribution in [-0.2, 0) is 0 Å². The summed E-state index contributed by atoms with van der Waals surface area (Å²) in [4.78, 5) is 12.4. The summed E-state index contributed by atoms with van der Waals surface area (Å²) in [6.45, 7) is 3.74. The zero-order chi connectivity index (χ0) is 13.3. The van der Waals surface area contributed by atoms with E-state index in [1.54, 1.807) is 0 Å². The smallest absolute Gasteiger partial charge is 0.209 e. The second kappa shape index (κ2) is 4.89. The van der Waals surface area contributed by atoms with Gasteiger partial charge in [-0.25, -0.2) is 8.78 Å². The largest absolute Gasteiger partial charge is 0.287 e. The summed E-state index contributed by atoms with van der Waals surface area (Å²) in [5.74, 6) is -2.07. The predicted octanol–water partition coefficient (Wildman–Crippen LogP) is 3.17. The summed E-state index contributed by atoms with van der Waals surface area (Å²) < 4.78 is 30.0. The van der Waals surface area contributed by atoms with Gasteiger partial charge in [-0.1, -0.05) is 18.3 Å². The van der Waals surface area contributed by atoms with Crippen LogP contribution in [0.5, 0.6) is 0 Å². The number of benzene rings is 1. The van der Waals surface area contributed by atoms with Crippen molar-refractivity contribution in [3.8, 4) is 0 Å². The molecule has 0 unspecified atom stereocenters. The highest BCUT2D eigenvalue weighted by molar-refractivity contribution is 7.08. The van der Waals surface area contributed by atoms with Gasteiger partial charge in [0.2, 0.25) is 5.78 Å². The molecule has 0 fully saturated rings. The van der Waals surface area contributed by atoms with Crippen molar-refractivity contribution in [1.29, 1.82) is 0 Å². The molecule has 2 rings (SSSR count). The molecular weight excluding hydrogens is 258 g/mol. The molecule has 0 radical (unpaired) electrons. The van der Waals surface area contributed by atoms with Crippen molar-refractivity contribution in [3.05, 3.63) is 46.0 Å². The third-order valence-electron chi connectivity index (χ3n) is 2.44. The number of halogens is 2. The molecule has 0 aliphatic rings. The van der Waals surface area contributed by atoms with Crippen LogP contribution in [0.3, 0.4) is 0 Å². The minimum absolute atomic E-state index is 0.0196. The molecule has 0 N–H and O–H groups in total. The molecule has 0 aliphatic heterocycles. The van der Waals surface area contributed by atoms with E-state index in [9.17, 15) is 13.6 Å². The summed E-state index contributed by atoms with van der Waals surface area (Å²) in [6, 6.07) is 2.88. The summed E-state index contributed by atoms with van der Waals surface area (Å²) in [6.07, 6.45) is 0. The first-order chi connectivity index (χ1) is 8.50. The number of nitrogens with zero attached hydrogens (tertiary/aromatic N) is 2. The molecule has 1 aromatic heterocycles. The van der Waals surface area contributed by atoms with Crippen LogP contribution in [0.2, 0.25) is 0 Å². The topological polar surface area (TPSA) is 42.9 Å². The number of carbonyl (C=O) groups excluding carboxylic acids is 1. The van der Waals surface area contributed by atoms with Crippen LogP contribution in [-0.4, -0.2) is 15.4 Å². The third kappa shape index (κ3) is 2.28. The van der Waals surface area contributed by atoms with E-state index in [1.807, 2.05) is 13.8 Å². The monoisotopic (exact) mass is 268 g/mol. The maximum Gasteiger partial charge on any atom is 0.209 e. The zero-order valence-electron chi connectivity index (χ0n) is 9.78. The maximum absolute atomic E-state index is 13.5. The van der Waals surface area contributed by atoms with Crippen LogP contribution in [0.15, 0.2) is 18.2 Å². The van der Waals surface area contributed by atoms with Crippen molar-refractivity contribution >= 4 is 17.3 Å². The summed E-state index contributed by atoms with van der Waals surface area (Å²) in [7, 11) is 0. The molecule has 0 bridgehead atoms. The Morgan fingerprint density at radius 1 is 1.33 bits per heavy atom. The fourth-order valence-electron chi connectivity index (χ4n) is 1.53. The molecule has 0 saturated carbocycles. The van der Waals surface area contributed by atoms with Crippen molar-refractivity contribution in [2.75, 3.05) is 0 Å². The summed E-state index contributed by atoms with van der Waals surface area (Å²) in [5, 5.41) is 3.86. The number of aromatic nitrogens is 2. The molecule has 18 heavy (non-hydrogen) atoms. The van der Waals surface area contributed by atoms with Gasteiger partial charge in [0.15, 0.2) is 0 Å². The molecule has 0 amide bonds. The lowest BCUT2D eigenvalue weighted by molar-refractivity contribution is 0.103. The molecular formula is C12H10F2N2OS. The molecule has 1 aromatic carbocycles. The molecule has 0 saturated heterocycles. The first kappa shape index (κ1) is 12.8. The Morgan fingerprint density at radius 3 is 2.67 bits per heavy atom. The highest BCUT2D eigenvalue weighted by Gasteiger charge is 2.22. The fraction of sp³-hybridized carbons (Fsp3) is 0.250. The van der Waals surface area contributed by atoms with Gasteiger partial charge in [0.1, 0.15) is 16.5 Å². The quantitative estimate of drug-likeness (QED) is 0.803. The van der Waals surface area contributed by atoms with Gasteiger partial charge in [-0.3, -0.25) is 4.79 Å². The Balaban J connectivity index is 2.45. The Hall–Kier alpha value is -1.69. The minimum atomic E-state index is -0.872. The van der Waals surface area contributed by atoms with Gasteiger partial charge in [-0.15, -0.1) is 5.10 Å². The number of ketones is 1. The van der Waals surface area contributed by atoms with Crippen LogP contribution in [0.1, 0.15) is 40.7 Å². The van der Waals surface area contributed by atoms with Gasteiger partial charge in [-0.05, 0) is 29.6 Å². The summed E-state index contributed by atoms with van der Waals surface area (Å²) >= 11 is 0.923. The Kier molecular flexibility index (Phi) is 3.47. The van der Waals surface area contributed by atoms with E-state index in [2.05, 4.69) is 9.59 Å². The lowest BCUT2D eigenvalue weighted by Gasteiger charge is -2.04. The Bertz CT molecular complexity index is 596. The van der Waals surface area contributed by atoms with Crippen molar-refractivity contribution in [3.63, 3.8) is 0 Å². The van der Waals surface area contributed by atoms with E-state index in [0.29, 0.717) is 16.6 Å². The molecule has 0 spiro atoms. The SMILES string of the molecule is CC(C)c1nnsc1C(=O)c1ccc(F)cc1F. The van der Waals surface area contributed by atoms with Crippen LogP contribution < -0.4 is 0 Å². The zero-order valence-corrected chi connectivity index (χ0v) is 10.6. The second-order valence-electron chi connectivity index (χ2n) is 4.10. The molecule has 1 heterocycles. The molecule has 2 aromatic rings. The Morgan fingerprint density at radius 2 is 2.06 bits per heavy atom. The first-order valence-electron chi connectivity index (χ1n) is 5.32. The average Bonchev–Trinajstić information content (AvgIpc) is 2.77. The van der Waals surface area contributed by atoms with Gasteiger partial charge in [0, 0.05) is 6.07 Å². The number of rotatable bonds is 3. The minimum Gasteiger partial charge on any atom is -0.287 e. The molecule has 6 heteroatoms. The first-order valence-corrected chi connectivity index (χ1v) is 6.10. The van der Waals surface area contributed by atoms with Gasteiger partial charge in [0.25, 0.3) is 0 Å². The van der Waals surface area contributed by atoms with Crippen molar-refractivity contribution in [2.24, 2.45) is 0 Å². The molecule has 0 atom stereocenters. The van der Waals surface area contributed by atoms with E-state index in [1.165, 1.54) is 0 Å². The van der Waals surface area contributed by atoms with Crippen molar-refractivity contribution < 1.29 is 13.6 Å². The van der Waals surface area contributed by atoms with Crippen LogP contribution in [0.4, 0.5) is 8.78 Å². The van der Waals surface area contributed by atoms with Crippen LogP contribution in [0.25, 0.3) is 0 Å². The normalized spacial score (nSPS) is 10.9. The van der Waals surface area contributed by atoms with Crippen molar-refractivity contribution in [2.45, 2.75) is 19.8 Å².